The third kappa shape index (κ3) is 2.81. The van der Waals surface area contributed by atoms with Crippen molar-refractivity contribution >= 4 is 28.6 Å². The van der Waals surface area contributed by atoms with Gasteiger partial charge in [-0.25, -0.2) is 0 Å². The molecule has 8 heteroatoms. The molecular formula is C14H14ClN5O2. The van der Waals surface area contributed by atoms with E-state index in [0.29, 0.717) is 16.1 Å². The van der Waals surface area contributed by atoms with Crippen LogP contribution < -0.4 is 10.9 Å². The van der Waals surface area contributed by atoms with Gasteiger partial charge in [-0.15, -0.1) is 0 Å². The lowest BCUT2D eigenvalue weighted by atomic mass is 10.1. The first-order valence-corrected chi connectivity index (χ1v) is 7.02. The second-order valence-corrected chi connectivity index (χ2v) is 5.30. The van der Waals surface area contributed by atoms with Gasteiger partial charge in [-0.2, -0.15) is 10.1 Å². The first-order chi connectivity index (χ1) is 10.5. The number of aromatic amines is 1. The fourth-order valence-electron chi connectivity index (χ4n) is 2.11. The Bertz CT molecular complexity index is 856. The first-order valence-electron chi connectivity index (χ1n) is 6.64. The van der Waals surface area contributed by atoms with Crippen LogP contribution in [-0.4, -0.2) is 31.4 Å². The van der Waals surface area contributed by atoms with Gasteiger partial charge >= 0.3 is 0 Å². The largest absolute Gasteiger partial charge is 0.387 e. The van der Waals surface area contributed by atoms with E-state index in [1.54, 1.807) is 31.3 Å². The second-order valence-electron chi connectivity index (χ2n) is 4.87. The molecule has 7 nitrogen and oxygen atoms in total. The van der Waals surface area contributed by atoms with Crippen molar-refractivity contribution in [2.24, 2.45) is 7.05 Å². The number of hydrogen-bond donors (Lipinski definition) is 3. The smallest absolute Gasteiger partial charge is 0.263 e. The van der Waals surface area contributed by atoms with Gasteiger partial charge < -0.3 is 10.4 Å². The zero-order chi connectivity index (χ0) is 15.7. The third-order valence-corrected chi connectivity index (χ3v) is 3.57. The maximum Gasteiger partial charge on any atom is 0.263 e. The van der Waals surface area contributed by atoms with E-state index in [0.717, 1.165) is 5.56 Å². The second kappa shape index (κ2) is 5.78. The van der Waals surface area contributed by atoms with Gasteiger partial charge in [-0.05, 0) is 17.7 Å². The van der Waals surface area contributed by atoms with Crippen LogP contribution in [0.2, 0.25) is 5.02 Å². The molecule has 0 aliphatic carbocycles. The zero-order valence-electron chi connectivity index (χ0n) is 11.7. The maximum atomic E-state index is 11.9. The lowest BCUT2D eigenvalue weighted by Crippen LogP contribution is -2.17. The summed E-state index contributed by atoms with van der Waals surface area (Å²) in [5.41, 5.74) is 0.926. The van der Waals surface area contributed by atoms with Crippen LogP contribution in [-0.2, 0) is 7.05 Å². The highest BCUT2D eigenvalue weighted by Crippen LogP contribution is 2.16. The fraction of sp³-hybridized carbons (Fsp3) is 0.214. The first kappa shape index (κ1) is 14.6. The molecule has 0 fully saturated rings. The Morgan fingerprint density at radius 2 is 2.14 bits per heavy atom. The lowest BCUT2D eigenvalue weighted by Gasteiger charge is -2.12. The van der Waals surface area contributed by atoms with Gasteiger partial charge in [0.2, 0.25) is 5.95 Å². The number of rotatable bonds is 4. The average Bonchev–Trinajstić information content (AvgIpc) is 2.88. The molecule has 3 N–H and O–H groups in total. The summed E-state index contributed by atoms with van der Waals surface area (Å²) in [4.78, 5) is 18.8. The van der Waals surface area contributed by atoms with E-state index < -0.39 is 6.10 Å². The molecule has 0 aliphatic heterocycles. The summed E-state index contributed by atoms with van der Waals surface area (Å²) in [5, 5.41) is 18.1. The van der Waals surface area contributed by atoms with Crippen LogP contribution in [0.3, 0.4) is 0 Å². The number of anilines is 1. The van der Waals surface area contributed by atoms with E-state index >= 15 is 0 Å². The number of aryl methyl sites for hydroxylation is 1. The van der Waals surface area contributed by atoms with Gasteiger partial charge in [0.25, 0.3) is 5.56 Å². The number of hydrogen-bond acceptors (Lipinski definition) is 5. The molecule has 3 aromatic rings. The van der Waals surface area contributed by atoms with Gasteiger partial charge in [0.15, 0.2) is 5.65 Å². The number of halogens is 1. The van der Waals surface area contributed by atoms with E-state index in [2.05, 4.69) is 20.4 Å². The van der Waals surface area contributed by atoms with Crippen LogP contribution >= 0.6 is 11.6 Å². The molecule has 1 aromatic carbocycles. The Morgan fingerprint density at radius 1 is 1.41 bits per heavy atom. The van der Waals surface area contributed by atoms with Crippen molar-refractivity contribution in [2.75, 3.05) is 11.9 Å². The number of aliphatic hydroxyl groups is 1. The van der Waals surface area contributed by atoms with Crippen LogP contribution in [0.25, 0.3) is 11.0 Å². The molecule has 0 spiro atoms. The molecule has 1 atom stereocenters. The summed E-state index contributed by atoms with van der Waals surface area (Å²) in [6.07, 6.45) is 0.720. The van der Waals surface area contributed by atoms with Crippen molar-refractivity contribution < 1.29 is 5.11 Å². The molecule has 2 heterocycles. The van der Waals surface area contributed by atoms with Crippen molar-refractivity contribution in [3.05, 3.63) is 51.4 Å². The molecule has 22 heavy (non-hydrogen) atoms. The highest BCUT2D eigenvalue weighted by molar-refractivity contribution is 6.30. The van der Waals surface area contributed by atoms with Crippen LogP contribution in [0.1, 0.15) is 11.7 Å². The summed E-state index contributed by atoms with van der Waals surface area (Å²) in [5.74, 6) is 0.286. The minimum atomic E-state index is -0.746. The number of aromatic nitrogens is 4. The molecule has 0 aliphatic rings. The summed E-state index contributed by atoms with van der Waals surface area (Å²) < 4.78 is 1.52. The number of fused-ring (bicyclic) bond motifs is 1. The molecule has 0 unspecified atom stereocenters. The maximum absolute atomic E-state index is 11.9. The lowest BCUT2D eigenvalue weighted by molar-refractivity contribution is 0.191. The summed E-state index contributed by atoms with van der Waals surface area (Å²) in [6.45, 7) is 0.202. The van der Waals surface area contributed by atoms with E-state index in [9.17, 15) is 9.90 Å². The predicted molar refractivity (Wildman–Crippen MR) is 84.0 cm³/mol. The highest BCUT2D eigenvalue weighted by Gasteiger charge is 2.10. The Kier molecular flexibility index (Phi) is 3.82. The normalized spacial score (nSPS) is 12.5. The van der Waals surface area contributed by atoms with E-state index in [1.165, 1.54) is 10.9 Å². The standard InChI is InChI=1S/C14H14ClN5O2/c1-20-12-10(6-17-20)13(22)19-14(18-12)16-7-11(21)8-2-4-9(15)5-3-8/h2-6,11,21H,7H2,1H3,(H2,16,18,19,22)/t11-/m0/s1. The van der Waals surface area contributed by atoms with Crippen molar-refractivity contribution in [1.82, 2.24) is 19.7 Å². The van der Waals surface area contributed by atoms with Crippen LogP contribution in [0.5, 0.6) is 0 Å². The quantitative estimate of drug-likeness (QED) is 0.676. The third-order valence-electron chi connectivity index (χ3n) is 3.32. The Balaban J connectivity index is 1.77. The summed E-state index contributed by atoms with van der Waals surface area (Å²) >= 11 is 5.81. The highest BCUT2D eigenvalue weighted by atomic mass is 35.5. The number of aliphatic hydroxyl groups excluding tert-OH is 1. The molecule has 0 saturated carbocycles. The van der Waals surface area contributed by atoms with E-state index in [-0.39, 0.29) is 18.1 Å². The van der Waals surface area contributed by atoms with Crippen molar-refractivity contribution in [3.63, 3.8) is 0 Å². The molecule has 2 aromatic heterocycles. The van der Waals surface area contributed by atoms with Gasteiger partial charge in [-0.3, -0.25) is 14.5 Å². The summed E-state index contributed by atoms with van der Waals surface area (Å²) in [7, 11) is 1.71. The predicted octanol–water partition coefficient (Wildman–Crippen LogP) is 1.46. The number of nitrogens with zero attached hydrogens (tertiary/aromatic N) is 3. The van der Waals surface area contributed by atoms with E-state index in [1.807, 2.05) is 0 Å². The van der Waals surface area contributed by atoms with Gasteiger partial charge in [0.1, 0.15) is 5.39 Å². The minimum absolute atomic E-state index is 0.202. The number of H-pyrrole nitrogens is 1. The molecule has 3 rings (SSSR count). The zero-order valence-corrected chi connectivity index (χ0v) is 12.5. The topological polar surface area (TPSA) is 95.8 Å². The van der Waals surface area contributed by atoms with E-state index in [4.69, 9.17) is 11.6 Å². The molecule has 0 bridgehead atoms. The molecule has 0 amide bonds. The van der Waals surface area contributed by atoms with Crippen LogP contribution in [0.4, 0.5) is 5.95 Å². The van der Waals surface area contributed by atoms with Gasteiger partial charge in [0.05, 0.1) is 12.3 Å². The van der Waals surface area contributed by atoms with Crippen LogP contribution in [0.15, 0.2) is 35.3 Å². The van der Waals surface area contributed by atoms with Crippen molar-refractivity contribution in [1.29, 1.82) is 0 Å². The van der Waals surface area contributed by atoms with Crippen molar-refractivity contribution in [2.45, 2.75) is 6.10 Å². The molecule has 0 saturated heterocycles. The monoisotopic (exact) mass is 319 g/mol. The van der Waals surface area contributed by atoms with Gasteiger partial charge in [-0.1, -0.05) is 23.7 Å². The average molecular weight is 320 g/mol. The SMILES string of the molecule is Cn1ncc2c(=O)[nH]c(NC[C@H](O)c3ccc(Cl)cc3)nc21. The van der Waals surface area contributed by atoms with Gasteiger partial charge in [0, 0.05) is 18.6 Å². The fourth-order valence-corrected chi connectivity index (χ4v) is 2.24. The number of benzene rings is 1. The molecule has 114 valence electrons. The minimum Gasteiger partial charge on any atom is -0.387 e. The van der Waals surface area contributed by atoms with Crippen LogP contribution in [0, 0.1) is 0 Å². The Labute approximate surface area is 130 Å². The Morgan fingerprint density at radius 3 is 2.86 bits per heavy atom. The molecular weight excluding hydrogens is 306 g/mol. The molecule has 0 radical (unpaired) electrons. The number of nitrogens with one attached hydrogen (secondary N) is 2. The van der Waals surface area contributed by atoms with Crippen molar-refractivity contribution in [3.8, 4) is 0 Å². The summed E-state index contributed by atoms with van der Waals surface area (Å²) in [6, 6.07) is 6.91. The Hall–Kier alpha value is -2.38.